The molecule has 0 fully saturated rings. The Balaban J connectivity index is 1.93. The maximum atomic E-state index is 12.0. The lowest BCUT2D eigenvalue weighted by atomic mass is 10.2. The van der Waals surface area contributed by atoms with Gasteiger partial charge in [-0.15, -0.1) is 0 Å². The highest BCUT2D eigenvalue weighted by Gasteiger charge is 2.03. The van der Waals surface area contributed by atoms with E-state index >= 15 is 0 Å². The monoisotopic (exact) mass is 279 g/mol. The second kappa shape index (κ2) is 6.86. The van der Waals surface area contributed by atoms with Crippen molar-refractivity contribution in [2.45, 2.75) is 19.8 Å². The third-order valence-corrected chi connectivity index (χ3v) is 2.75. The molecule has 0 saturated carbocycles. The zero-order valence-electron chi connectivity index (χ0n) is 10.7. The minimum absolute atomic E-state index is 0.00478. The zero-order valence-corrected chi connectivity index (χ0v) is 10.7. The first kappa shape index (κ1) is 14.3. The summed E-state index contributed by atoms with van der Waals surface area (Å²) in [7, 11) is 0. The van der Waals surface area contributed by atoms with E-state index in [2.05, 4.69) is 10.1 Å². The van der Waals surface area contributed by atoms with E-state index in [0.29, 0.717) is 6.54 Å². The van der Waals surface area contributed by atoms with Crippen molar-refractivity contribution >= 4 is 5.69 Å². The van der Waals surface area contributed by atoms with Gasteiger partial charge in [-0.2, -0.15) is 8.78 Å². The summed E-state index contributed by atoms with van der Waals surface area (Å²) in [4.78, 5) is 0. The molecule has 0 amide bonds. The molecule has 20 heavy (non-hydrogen) atoms. The molecule has 0 aromatic heterocycles. The highest BCUT2D eigenvalue weighted by atomic mass is 19.3. The average Bonchev–Trinajstić information content (AvgIpc) is 2.46. The van der Waals surface area contributed by atoms with Gasteiger partial charge in [-0.1, -0.05) is 24.3 Å². The Bertz CT molecular complexity index is 544. The van der Waals surface area contributed by atoms with E-state index in [1.54, 1.807) is 12.1 Å². The zero-order chi connectivity index (χ0) is 14.4. The first-order valence-electron chi connectivity index (χ1n) is 6.15. The molecule has 0 radical (unpaired) electrons. The van der Waals surface area contributed by atoms with Crippen molar-refractivity contribution in [3.63, 3.8) is 0 Å². The highest BCUT2D eigenvalue weighted by molar-refractivity contribution is 5.46. The first-order valence-corrected chi connectivity index (χ1v) is 6.15. The van der Waals surface area contributed by atoms with Crippen LogP contribution in [0.1, 0.15) is 11.1 Å². The van der Waals surface area contributed by atoms with Crippen LogP contribution >= 0.6 is 0 Å². The van der Waals surface area contributed by atoms with Crippen molar-refractivity contribution in [1.29, 1.82) is 0 Å². The summed E-state index contributed by atoms with van der Waals surface area (Å²) in [5, 5.41) is 12.2. The predicted octanol–water partition coefficient (Wildman–Crippen LogP) is 3.39. The lowest BCUT2D eigenvalue weighted by Crippen LogP contribution is -2.03. The summed E-state index contributed by atoms with van der Waals surface area (Å²) >= 11 is 0. The van der Waals surface area contributed by atoms with Crippen LogP contribution in [-0.2, 0) is 13.2 Å². The number of rotatable bonds is 6. The quantitative estimate of drug-likeness (QED) is 0.851. The molecule has 0 aliphatic carbocycles. The number of aliphatic hydroxyl groups is 1. The molecule has 0 bridgehead atoms. The average molecular weight is 279 g/mol. The fourth-order valence-corrected chi connectivity index (χ4v) is 1.77. The summed E-state index contributed by atoms with van der Waals surface area (Å²) in [6.07, 6.45) is 0. The van der Waals surface area contributed by atoms with Gasteiger partial charge in [0.2, 0.25) is 0 Å². The topological polar surface area (TPSA) is 41.5 Å². The Kier molecular flexibility index (Phi) is 4.90. The normalized spacial score (nSPS) is 10.6. The lowest BCUT2D eigenvalue weighted by Gasteiger charge is -2.09. The fourth-order valence-electron chi connectivity index (χ4n) is 1.77. The highest BCUT2D eigenvalue weighted by Crippen LogP contribution is 2.16. The van der Waals surface area contributed by atoms with Crippen molar-refractivity contribution in [2.75, 3.05) is 5.32 Å². The van der Waals surface area contributed by atoms with Gasteiger partial charge >= 0.3 is 6.61 Å². The van der Waals surface area contributed by atoms with Crippen LogP contribution in [0, 0.1) is 0 Å². The number of halogens is 2. The molecule has 106 valence electrons. The van der Waals surface area contributed by atoms with Crippen LogP contribution < -0.4 is 10.1 Å². The van der Waals surface area contributed by atoms with E-state index in [-0.39, 0.29) is 12.4 Å². The minimum atomic E-state index is -2.81. The molecule has 2 aromatic rings. The van der Waals surface area contributed by atoms with Crippen LogP contribution in [0.2, 0.25) is 0 Å². The van der Waals surface area contributed by atoms with E-state index in [1.165, 1.54) is 12.1 Å². The Morgan fingerprint density at radius 2 is 1.80 bits per heavy atom. The molecule has 0 aliphatic rings. The van der Waals surface area contributed by atoms with Gasteiger partial charge in [-0.05, 0) is 35.4 Å². The summed E-state index contributed by atoms with van der Waals surface area (Å²) in [6.45, 7) is -2.25. The smallest absolute Gasteiger partial charge is 0.387 e. The van der Waals surface area contributed by atoms with Crippen LogP contribution in [0.15, 0.2) is 48.5 Å². The Hall–Kier alpha value is -2.14. The molecule has 3 nitrogen and oxygen atoms in total. The molecule has 2 aromatic carbocycles. The van der Waals surface area contributed by atoms with Gasteiger partial charge < -0.3 is 15.2 Å². The van der Waals surface area contributed by atoms with Crippen LogP contribution in [0.4, 0.5) is 14.5 Å². The number of anilines is 1. The van der Waals surface area contributed by atoms with E-state index in [4.69, 9.17) is 5.11 Å². The van der Waals surface area contributed by atoms with Crippen molar-refractivity contribution in [1.82, 2.24) is 0 Å². The van der Waals surface area contributed by atoms with Crippen molar-refractivity contribution in [3.8, 4) is 5.75 Å². The molecule has 0 aliphatic heterocycles. The van der Waals surface area contributed by atoms with Crippen LogP contribution in [0.5, 0.6) is 5.75 Å². The molecule has 5 heteroatoms. The second-order valence-electron chi connectivity index (χ2n) is 4.23. The Morgan fingerprint density at radius 1 is 1.05 bits per heavy atom. The number of ether oxygens (including phenoxy) is 1. The molecular weight excluding hydrogens is 264 g/mol. The summed E-state index contributed by atoms with van der Waals surface area (Å²) < 4.78 is 28.3. The number of hydrogen-bond acceptors (Lipinski definition) is 3. The minimum Gasteiger partial charge on any atom is -0.435 e. The molecule has 0 spiro atoms. The molecule has 0 heterocycles. The number of alkyl halides is 2. The van der Waals surface area contributed by atoms with Gasteiger partial charge in [0, 0.05) is 12.2 Å². The van der Waals surface area contributed by atoms with E-state index in [0.717, 1.165) is 16.8 Å². The molecule has 0 atom stereocenters. The molecular formula is C15H15F2NO2. The lowest BCUT2D eigenvalue weighted by molar-refractivity contribution is -0.0498. The molecule has 0 saturated heterocycles. The number of nitrogens with one attached hydrogen (secondary N) is 1. The number of benzene rings is 2. The summed E-state index contributed by atoms with van der Waals surface area (Å²) in [5.41, 5.74) is 2.67. The van der Waals surface area contributed by atoms with Crippen molar-refractivity contribution in [3.05, 3.63) is 59.7 Å². The Labute approximate surface area is 115 Å². The maximum absolute atomic E-state index is 12.0. The van der Waals surface area contributed by atoms with Gasteiger partial charge in [-0.25, -0.2) is 0 Å². The SMILES string of the molecule is OCc1cccc(NCc2ccc(OC(F)F)cc2)c1. The van der Waals surface area contributed by atoms with Crippen LogP contribution in [0.25, 0.3) is 0 Å². The maximum Gasteiger partial charge on any atom is 0.387 e. The molecule has 2 rings (SSSR count). The van der Waals surface area contributed by atoms with E-state index in [9.17, 15) is 8.78 Å². The van der Waals surface area contributed by atoms with Crippen LogP contribution in [-0.4, -0.2) is 11.7 Å². The Morgan fingerprint density at radius 3 is 2.45 bits per heavy atom. The largest absolute Gasteiger partial charge is 0.435 e. The molecule has 0 unspecified atom stereocenters. The summed E-state index contributed by atoms with van der Waals surface area (Å²) in [6, 6.07) is 13.9. The van der Waals surface area contributed by atoms with Crippen molar-refractivity contribution in [2.24, 2.45) is 0 Å². The van der Waals surface area contributed by atoms with Gasteiger partial charge in [0.15, 0.2) is 0 Å². The van der Waals surface area contributed by atoms with Crippen LogP contribution in [0.3, 0.4) is 0 Å². The van der Waals surface area contributed by atoms with Gasteiger partial charge in [0.25, 0.3) is 0 Å². The third-order valence-electron chi connectivity index (χ3n) is 2.75. The standard InChI is InChI=1S/C15H15F2NO2/c16-15(17)20-14-6-4-11(5-7-14)9-18-13-3-1-2-12(8-13)10-19/h1-8,15,18-19H,9-10H2. The first-order chi connectivity index (χ1) is 9.67. The predicted molar refractivity (Wildman–Crippen MR) is 72.8 cm³/mol. The van der Waals surface area contributed by atoms with E-state index < -0.39 is 6.61 Å². The van der Waals surface area contributed by atoms with Gasteiger partial charge in [-0.3, -0.25) is 0 Å². The van der Waals surface area contributed by atoms with E-state index in [1.807, 2.05) is 24.3 Å². The fraction of sp³-hybridized carbons (Fsp3) is 0.200. The number of hydrogen-bond donors (Lipinski definition) is 2. The number of aliphatic hydroxyl groups excluding tert-OH is 1. The summed E-state index contributed by atoms with van der Waals surface area (Å²) in [5.74, 6) is 0.144. The molecule has 2 N–H and O–H groups in total. The van der Waals surface area contributed by atoms with Crippen molar-refractivity contribution < 1.29 is 18.6 Å². The van der Waals surface area contributed by atoms with Gasteiger partial charge in [0.05, 0.1) is 6.61 Å². The second-order valence-corrected chi connectivity index (χ2v) is 4.23. The third kappa shape index (κ3) is 4.20. The van der Waals surface area contributed by atoms with Gasteiger partial charge in [0.1, 0.15) is 5.75 Å².